The van der Waals surface area contributed by atoms with E-state index in [4.69, 9.17) is 11.6 Å². The molecule has 0 aromatic carbocycles. The quantitative estimate of drug-likeness (QED) is 0.644. The van der Waals surface area contributed by atoms with Crippen molar-refractivity contribution in [1.29, 1.82) is 0 Å². The first-order chi connectivity index (χ1) is 12.7. The smallest absolute Gasteiger partial charge is 0.349 e. The van der Waals surface area contributed by atoms with Crippen LogP contribution in [0, 0.1) is 5.82 Å². The van der Waals surface area contributed by atoms with Crippen molar-refractivity contribution in [3.05, 3.63) is 28.8 Å². The van der Waals surface area contributed by atoms with E-state index in [-0.39, 0.29) is 23.4 Å². The van der Waals surface area contributed by atoms with E-state index in [1.165, 1.54) is 13.1 Å². The number of amides is 2. The van der Waals surface area contributed by atoms with E-state index in [2.05, 4.69) is 15.6 Å². The summed E-state index contributed by atoms with van der Waals surface area (Å²) in [6.45, 7) is 1.34. The number of hydrogen-bond acceptors (Lipinski definition) is 4. The van der Waals surface area contributed by atoms with Gasteiger partial charge in [-0.2, -0.15) is 8.78 Å². The molecule has 6 nitrogen and oxygen atoms in total. The van der Waals surface area contributed by atoms with E-state index in [9.17, 15) is 27.9 Å². The summed E-state index contributed by atoms with van der Waals surface area (Å²) in [7, 11) is 0. The molecule has 0 bridgehead atoms. The molecule has 2 amide bonds. The number of rotatable bonds is 7. The van der Waals surface area contributed by atoms with Crippen LogP contribution in [0.2, 0.25) is 5.02 Å². The first-order valence-corrected chi connectivity index (χ1v) is 8.98. The minimum absolute atomic E-state index is 0.00891. The molecule has 0 saturated heterocycles. The van der Waals surface area contributed by atoms with Crippen molar-refractivity contribution in [3.63, 3.8) is 0 Å². The number of aliphatic hydroxyl groups is 1. The Bertz CT molecular complexity index is 685. The summed E-state index contributed by atoms with van der Waals surface area (Å²) >= 11 is 5.83. The molecule has 0 spiro atoms. The molecule has 3 N–H and O–H groups in total. The maximum absolute atomic E-state index is 13.8. The molecule has 1 fully saturated rings. The molecule has 2 rings (SSSR count). The Labute approximate surface area is 159 Å². The van der Waals surface area contributed by atoms with E-state index >= 15 is 0 Å². The molecule has 1 aliphatic carbocycles. The van der Waals surface area contributed by atoms with Gasteiger partial charge in [0.25, 0.3) is 5.91 Å². The predicted molar refractivity (Wildman–Crippen MR) is 91.9 cm³/mol. The molecule has 27 heavy (non-hydrogen) atoms. The lowest BCUT2D eigenvalue weighted by atomic mass is 10.1. The van der Waals surface area contributed by atoms with Crippen molar-refractivity contribution < 1.29 is 27.9 Å². The summed E-state index contributed by atoms with van der Waals surface area (Å²) in [5.41, 5.74) is -0.0136. The number of carbonyl (C=O) groups is 2. The summed E-state index contributed by atoms with van der Waals surface area (Å²) in [5, 5.41) is 14.2. The van der Waals surface area contributed by atoms with Crippen molar-refractivity contribution in [2.24, 2.45) is 0 Å². The van der Waals surface area contributed by atoms with Gasteiger partial charge < -0.3 is 15.7 Å². The first-order valence-electron chi connectivity index (χ1n) is 8.60. The Balaban J connectivity index is 1.98. The Hall–Kier alpha value is -1.87. The molecule has 1 saturated carbocycles. The number of alkyl halides is 2. The number of halogens is 4. The zero-order valence-corrected chi connectivity index (χ0v) is 15.4. The number of aromatic nitrogens is 1. The number of nitrogens with one attached hydrogen (secondary N) is 2. The molecule has 1 aromatic rings. The molecule has 1 heterocycles. The number of aliphatic hydroxyl groups excluding tert-OH is 1. The molecule has 3 atom stereocenters. The van der Waals surface area contributed by atoms with Crippen LogP contribution in [0.3, 0.4) is 0 Å². The van der Waals surface area contributed by atoms with E-state index in [0.717, 1.165) is 6.20 Å². The van der Waals surface area contributed by atoms with E-state index in [0.29, 0.717) is 19.3 Å². The minimum Gasteiger partial charge on any atom is -0.386 e. The number of pyridine rings is 1. The lowest BCUT2D eigenvalue weighted by Crippen LogP contribution is -2.55. The second-order valence-corrected chi connectivity index (χ2v) is 6.90. The van der Waals surface area contributed by atoms with Crippen molar-refractivity contribution in [3.8, 4) is 0 Å². The van der Waals surface area contributed by atoms with Crippen LogP contribution in [0.5, 0.6) is 0 Å². The molecule has 150 valence electrons. The SMILES string of the molecule is CCC(O)C(F)(F)C(=O)N[C@@H]1CCC[C@@H]1NC(=O)Cc1c(F)cncc1Cl. The average molecular weight is 408 g/mol. The largest absolute Gasteiger partial charge is 0.386 e. The van der Waals surface area contributed by atoms with Gasteiger partial charge >= 0.3 is 5.92 Å². The van der Waals surface area contributed by atoms with Crippen LogP contribution in [0.1, 0.15) is 38.2 Å². The minimum atomic E-state index is -3.92. The van der Waals surface area contributed by atoms with Crippen LogP contribution < -0.4 is 10.6 Å². The third kappa shape index (κ3) is 5.10. The molecule has 0 radical (unpaired) electrons. The van der Waals surface area contributed by atoms with Crippen molar-refractivity contribution in [2.75, 3.05) is 0 Å². The lowest BCUT2D eigenvalue weighted by Gasteiger charge is -2.26. The second-order valence-electron chi connectivity index (χ2n) is 6.49. The van der Waals surface area contributed by atoms with E-state index in [1.807, 2.05) is 0 Å². The van der Waals surface area contributed by atoms with E-state index in [1.54, 1.807) is 0 Å². The maximum atomic E-state index is 13.8. The highest BCUT2D eigenvalue weighted by molar-refractivity contribution is 6.31. The Morgan fingerprint density at radius 3 is 2.56 bits per heavy atom. The summed E-state index contributed by atoms with van der Waals surface area (Å²) in [5.74, 6) is -6.76. The van der Waals surface area contributed by atoms with Gasteiger partial charge in [-0.1, -0.05) is 18.5 Å². The van der Waals surface area contributed by atoms with Gasteiger partial charge in [-0.05, 0) is 25.7 Å². The van der Waals surface area contributed by atoms with Gasteiger partial charge in [-0.25, -0.2) is 4.39 Å². The van der Waals surface area contributed by atoms with Crippen molar-refractivity contribution in [1.82, 2.24) is 15.6 Å². The fourth-order valence-corrected chi connectivity index (χ4v) is 3.22. The van der Waals surface area contributed by atoms with E-state index < -0.39 is 41.7 Å². The topological polar surface area (TPSA) is 91.3 Å². The highest BCUT2D eigenvalue weighted by Crippen LogP contribution is 2.25. The summed E-state index contributed by atoms with van der Waals surface area (Å²) in [6.07, 6.45) is 0.954. The second kappa shape index (κ2) is 8.88. The van der Waals surface area contributed by atoms with Crippen LogP contribution in [-0.2, 0) is 16.0 Å². The molecular weight excluding hydrogens is 387 g/mol. The fraction of sp³-hybridized carbons (Fsp3) is 0.588. The summed E-state index contributed by atoms with van der Waals surface area (Å²) in [6, 6.07) is -1.27. The Morgan fingerprint density at radius 1 is 1.33 bits per heavy atom. The number of carbonyl (C=O) groups excluding carboxylic acids is 2. The van der Waals surface area contributed by atoms with Crippen LogP contribution in [0.25, 0.3) is 0 Å². The van der Waals surface area contributed by atoms with Crippen LogP contribution in [0.4, 0.5) is 13.2 Å². The van der Waals surface area contributed by atoms with Crippen molar-refractivity contribution in [2.45, 2.75) is 63.1 Å². The third-order valence-electron chi connectivity index (χ3n) is 4.58. The Kier molecular flexibility index (Phi) is 7.05. The van der Waals surface area contributed by atoms with Gasteiger partial charge in [-0.3, -0.25) is 14.6 Å². The highest BCUT2D eigenvalue weighted by atomic mass is 35.5. The van der Waals surface area contributed by atoms with Crippen LogP contribution in [-0.4, -0.2) is 46.0 Å². The fourth-order valence-electron chi connectivity index (χ4n) is 3.00. The monoisotopic (exact) mass is 407 g/mol. The normalized spacial score (nSPS) is 21.0. The molecule has 1 unspecified atom stereocenters. The predicted octanol–water partition coefficient (Wildman–Crippen LogP) is 1.98. The first kappa shape index (κ1) is 21.4. The van der Waals surface area contributed by atoms with Gasteiger partial charge in [0.2, 0.25) is 5.91 Å². The van der Waals surface area contributed by atoms with Gasteiger partial charge in [0, 0.05) is 23.8 Å². The molecule has 10 heteroatoms. The average Bonchev–Trinajstić information content (AvgIpc) is 3.04. The molecular formula is C17H21ClF3N3O3. The molecule has 1 aliphatic rings. The Morgan fingerprint density at radius 2 is 1.96 bits per heavy atom. The van der Waals surface area contributed by atoms with Gasteiger partial charge in [-0.15, -0.1) is 0 Å². The van der Waals surface area contributed by atoms with Gasteiger partial charge in [0.1, 0.15) is 11.9 Å². The van der Waals surface area contributed by atoms with Crippen molar-refractivity contribution >= 4 is 23.4 Å². The lowest BCUT2D eigenvalue weighted by molar-refractivity contribution is -0.164. The highest BCUT2D eigenvalue weighted by Gasteiger charge is 2.47. The van der Waals surface area contributed by atoms with Gasteiger partial charge in [0.15, 0.2) is 0 Å². The standard InChI is InChI=1S/C17H21ClF3N3O3/c1-2-14(25)17(20,21)16(27)24-13-5-3-4-12(13)23-15(26)6-9-10(18)7-22-8-11(9)19/h7-8,12-14,25H,2-6H2,1H3,(H,23,26)(H,24,27)/t12-,13+,14?/m0/s1. The molecule has 0 aliphatic heterocycles. The summed E-state index contributed by atoms with van der Waals surface area (Å²) < 4.78 is 41.4. The number of nitrogens with zero attached hydrogens (tertiary/aromatic N) is 1. The number of hydrogen-bond donors (Lipinski definition) is 3. The maximum Gasteiger partial charge on any atom is 0.349 e. The molecule has 1 aromatic heterocycles. The summed E-state index contributed by atoms with van der Waals surface area (Å²) in [4.78, 5) is 27.6. The zero-order chi connectivity index (χ0) is 20.2. The third-order valence-corrected chi connectivity index (χ3v) is 4.90. The zero-order valence-electron chi connectivity index (χ0n) is 14.6. The van der Waals surface area contributed by atoms with Gasteiger partial charge in [0.05, 0.1) is 17.6 Å². The van der Waals surface area contributed by atoms with Crippen LogP contribution >= 0.6 is 11.6 Å². The van der Waals surface area contributed by atoms with Crippen LogP contribution in [0.15, 0.2) is 12.4 Å².